The van der Waals surface area contributed by atoms with Gasteiger partial charge in [-0.1, -0.05) is 31.9 Å². The average molecular weight is 313 g/mol. The number of rotatable bonds is 6. The zero-order chi connectivity index (χ0) is 15.4. The standard InChI is InChI=1S/C16H29ClN4/c1-5-8-14-9-18-13(6-2)10-20(14)11-15-16(17)12(4)19-21(15)7-3/h13-14,18H,5-11H2,1-4H3. The van der Waals surface area contributed by atoms with Crippen molar-refractivity contribution < 1.29 is 0 Å². The number of hydrogen-bond donors (Lipinski definition) is 1. The van der Waals surface area contributed by atoms with Crippen LogP contribution in [0.4, 0.5) is 0 Å². The summed E-state index contributed by atoms with van der Waals surface area (Å²) in [6, 6.07) is 1.20. The first kappa shape index (κ1) is 16.8. The van der Waals surface area contributed by atoms with Crippen molar-refractivity contribution in [1.29, 1.82) is 0 Å². The highest BCUT2D eigenvalue weighted by atomic mass is 35.5. The minimum absolute atomic E-state index is 0.593. The van der Waals surface area contributed by atoms with E-state index < -0.39 is 0 Å². The molecule has 1 N–H and O–H groups in total. The molecule has 0 amide bonds. The van der Waals surface area contributed by atoms with Gasteiger partial charge in [-0.05, 0) is 26.7 Å². The van der Waals surface area contributed by atoms with Crippen LogP contribution in [0.5, 0.6) is 0 Å². The molecule has 0 spiro atoms. The molecule has 120 valence electrons. The molecule has 2 atom stereocenters. The number of aryl methyl sites for hydroxylation is 2. The molecule has 21 heavy (non-hydrogen) atoms. The average Bonchev–Trinajstić information content (AvgIpc) is 2.76. The van der Waals surface area contributed by atoms with Crippen molar-refractivity contribution >= 4 is 11.6 Å². The van der Waals surface area contributed by atoms with E-state index in [1.54, 1.807) is 0 Å². The highest BCUT2D eigenvalue weighted by Crippen LogP contribution is 2.24. The molecule has 4 nitrogen and oxygen atoms in total. The molecule has 2 rings (SSSR count). The lowest BCUT2D eigenvalue weighted by molar-refractivity contribution is 0.110. The number of halogens is 1. The van der Waals surface area contributed by atoms with E-state index in [0.29, 0.717) is 12.1 Å². The lowest BCUT2D eigenvalue weighted by Gasteiger charge is -2.40. The fraction of sp³-hybridized carbons (Fsp3) is 0.812. The minimum atomic E-state index is 0.593. The van der Waals surface area contributed by atoms with Crippen molar-refractivity contribution in [3.8, 4) is 0 Å². The second-order valence-electron chi connectivity index (χ2n) is 6.05. The Labute approximate surface area is 133 Å². The van der Waals surface area contributed by atoms with Gasteiger partial charge in [-0.3, -0.25) is 9.58 Å². The second-order valence-corrected chi connectivity index (χ2v) is 6.43. The van der Waals surface area contributed by atoms with E-state index in [4.69, 9.17) is 11.6 Å². The number of nitrogens with one attached hydrogen (secondary N) is 1. The Morgan fingerprint density at radius 3 is 2.71 bits per heavy atom. The van der Waals surface area contributed by atoms with E-state index in [2.05, 4.69) is 40.8 Å². The van der Waals surface area contributed by atoms with Gasteiger partial charge in [0, 0.05) is 38.3 Å². The molecule has 1 saturated heterocycles. The number of piperazine rings is 1. The number of aromatic nitrogens is 2. The maximum Gasteiger partial charge on any atom is 0.0860 e. The Balaban J connectivity index is 2.17. The van der Waals surface area contributed by atoms with Gasteiger partial charge in [0.05, 0.1) is 16.4 Å². The quantitative estimate of drug-likeness (QED) is 0.875. The van der Waals surface area contributed by atoms with Gasteiger partial charge < -0.3 is 5.32 Å². The smallest absolute Gasteiger partial charge is 0.0860 e. The van der Waals surface area contributed by atoms with Crippen molar-refractivity contribution in [2.24, 2.45) is 0 Å². The molecule has 5 heteroatoms. The third kappa shape index (κ3) is 3.79. The van der Waals surface area contributed by atoms with Crippen LogP contribution in [0.25, 0.3) is 0 Å². The molecule has 1 aromatic heterocycles. The molecule has 0 aliphatic carbocycles. The van der Waals surface area contributed by atoms with Gasteiger partial charge in [0.25, 0.3) is 0 Å². The molecule has 0 bridgehead atoms. The zero-order valence-corrected chi connectivity index (χ0v) is 14.6. The molecule has 0 aromatic carbocycles. The van der Waals surface area contributed by atoms with E-state index in [0.717, 1.165) is 36.9 Å². The van der Waals surface area contributed by atoms with Crippen LogP contribution in [0.3, 0.4) is 0 Å². The van der Waals surface area contributed by atoms with Crippen LogP contribution in [0.15, 0.2) is 0 Å². The third-order valence-electron chi connectivity index (χ3n) is 4.53. The molecule has 1 aliphatic rings. The second kappa shape index (κ2) is 7.61. The van der Waals surface area contributed by atoms with Gasteiger partial charge in [-0.25, -0.2) is 0 Å². The normalized spacial score (nSPS) is 23.7. The maximum absolute atomic E-state index is 6.48. The number of hydrogen-bond acceptors (Lipinski definition) is 3. The Kier molecular flexibility index (Phi) is 6.08. The first-order chi connectivity index (χ1) is 10.1. The fourth-order valence-corrected chi connectivity index (χ4v) is 3.42. The van der Waals surface area contributed by atoms with Crippen molar-refractivity contribution in [3.05, 3.63) is 16.4 Å². The van der Waals surface area contributed by atoms with Crippen LogP contribution >= 0.6 is 11.6 Å². The summed E-state index contributed by atoms with van der Waals surface area (Å²) in [5, 5.41) is 9.06. The van der Waals surface area contributed by atoms with Crippen molar-refractivity contribution in [2.75, 3.05) is 13.1 Å². The SMILES string of the molecule is CCCC1CNC(CC)CN1Cc1c(Cl)c(C)nn1CC. The minimum Gasteiger partial charge on any atom is -0.311 e. The van der Waals surface area contributed by atoms with Gasteiger partial charge in [0.15, 0.2) is 0 Å². The van der Waals surface area contributed by atoms with Crippen LogP contribution in [0.2, 0.25) is 5.02 Å². The highest BCUT2D eigenvalue weighted by Gasteiger charge is 2.28. The monoisotopic (exact) mass is 312 g/mol. The van der Waals surface area contributed by atoms with Gasteiger partial charge in [-0.2, -0.15) is 5.10 Å². The van der Waals surface area contributed by atoms with Gasteiger partial charge in [0.1, 0.15) is 0 Å². The van der Waals surface area contributed by atoms with Gasteiger partial charge in [0.2, 0.25) is 0 Å². The molecule has 1 aromatic rings. The first-order valence-electron chi connectivity index (χ1n) is 8.29. The summed E-state index contributed by atoms with van der Waals surface area (Å²) in [4.78, 5) is 2.60. The third-order valence-corrected chi connectivity index (χ3v) is 5.03. The summed E-state index contributed by atoms with van der Waals surface area (Å²) < 4.78 is 2.06. The summed E-state index contributed by atoms with van der Waals surface area (Å²) in [6.07, 6.45) is 3.63. The van der Waals surface area contributed by atoms with Crippen LogP contribution in [-0.4, -0.2) is 39.9 Å². The summed E-state index contributed by atoms with van der Waals surface area (Å²) in [5.74, 6) is 0. The lowest BCUT2D eigenvalue weighted by Crippen LogP contribution is -2.55. The molecule has 1 fully saturated rings. The van der Waals surface area contributed by atoms with Crippen LogP contribution in [0, 0.1) is 6.92 Å². The summed E-state index contributed by atoms with van der Waals surface area (Å²) in [6.45, 7) is 12.6. The molecule has 1 aliphatic heterocycles. The molecule has 2 heterocycles. The van der Waals surface area contributed by atoms with Crippen LogP contribution in [-0.2, 0) is 13.1 Å². The van der Waals surface area contributed by atoms with E-state index in [9.17, 15) is 0 Å². The van der Waals surface area contributed by atoms with Crippen molar-refractivity contribution in [3.63, 3.8) is 0 Å². The van der Waals surface area contributed by atoms with E-state index in [1.807, 2.05) is 6.92 Å². The van der Waals surface area contributed by atoms with E-state index in [1.165, 1.54) is 25.0 Å². The van der Waals surface area contributed by atoms with Crippen molar-refractivity contribution in [1.82, 2.24) is 20.0 Å². The summed E-state index contributed by atoms with van der Waals surface area (Å²) >= 11 is 6.48. The molecular formula is C16H29ClN4. The molecule has 0 saturated carbocycles. The van der Waals surface area contributed by atoms with Gasteiger partial charge in [-0.15, -0.1) is 0 Å². The Morgan fingerprint density at radius 2 is 2.10 bits per heavy atom. The molecule has 0 radical (unpaired) electrons. The summed E-state index contributed by atoms with van der Waals surface area (Å²) in [7, 11) is 0. The largest absolute Gasteiger partial charge is 0.311 e. The predicted molar refractivity (Wildman–Crippen MR) is 88.8 cm³/mol. The number of nitrogens with zero attached hydrogens (tertiary/aromatic N) is 3. The van der Waals surface area contributed by atoms with Crippen LogP contribution in [0.1, 0.15) is 51.4 Å². The first-order valence-corrected chi connectivity index (χ1v) is 8.67. The Hall–Kier alpha value is -0.580. The lowest BCUT2D eigenvalue weighted by atomic mass is 10.0. The summed E-state index contributed by atoms with van der Waals surface area (Å²) in [5.41, 5.74) is 2.12. The van der Waals surface area contributed by atoms with Gasteiger partial charge >= 0.3 is 0 Å². The fourth-order valence-electron chi connectivity index (χ4n) is 3.23. The Bertz CT molecular complexity index is 457. The maximum atomic E-state index is 6.48. The molecular weight excluding hydrogens is 284 g/mol. The Morgan fingerprint density at radius 1 is 1.33 bits per heavy atom. The predicted octanol–water partition coefficient (Wildman–Crippen LogP) is 3.22. The topological polar surface area (TPSA) is 33.1 Å². The van der Waals surface area contributed by atoms with Crippen molar-refractivity contribution in [2.45, 2.75) is 72.1 Å². The zero-order valence-electron chi connectivity index (χ0n) is 13.8. The highest BCUT2D eigenvalue weighted by molar-refractivity contribution is 6.31. The van der Waals surface area contributed by atoms with E-state index >= 15 is 0 Å². The molecule has 2 unspecified atom stereocenters. The van der Waals surface area contributed by atoms with Crippen LogP contribution < -0.4 is 5.32 Å². The van der Waals surface area contributed by atoms with E-state index in [-0.39, 0.29) is 0 Å².